The number of phenolic OH excluding ortho intramolecular Hbond substituents is 2. The summed E-state index contributed by atoms with van der Waals surface area (Å²) in [5.41, 5.74) is 47.0. The molecule has 2 aromatic rings. The summed E-state index contributed by atoms with van der Waals surface area (Å²) in [5, 5.41) is 101. The van der Waals surface area contributed by atoms with Gasteiger partial charge >= 0.3 is 5.97 Å². The topological polar surface area (TPSA) is 747 Å². The summed E-state index contributed by atoms with van der Waals surface area (Å²) < 4.78 is -1.40. The van der Waals surface area contributed by atoms with Crippen molar-refractivity contribution in [1.29, 1.82) is 10.8 Å². The molecule has 2 aromatic carbocycles. The van der Waals surface area contributed by atoms with Gasteiger partial charge in [0.15, 0.2) is 11.9 Å². The quantitative estimate of drug-likeness (QED) is 0.0127. The summed E-state index contributed by atoms with van der Waals surface area (Å²) in [7, 11) is 0. The predicted octanol–water partition coefficient (Wildman–Crippen LogP) is -8.66. The number of thiol groups is 2. The Morgan fingerprint density at radius 2 is 0.693 bits per heavy atom. The molecule has 0 aliphatic heterocycles. The minimum atomic E-state index is -1.89. The molecule has 0 bridgehead atoms. The van der Waals surface area contributed by atoms with Gasteiger partial charge in [0.2, 0.25) is 70.9 Å². The summed E-state index contributed by atoms with van der Waals surface area (Å²) >= 11 is 8.87. The van der Waals surface area contributed by atoms with Gasteiger partial charge in [0.05, 0.1) is 12.2 Å². The number of aliphatic carboxylic acids is 1. The third-order valence-corrected chi connectivity index (χ3v) is 18.2. The molecule has 2 rings (SSSR count). The maximum Gasteiger partial charge on any atom is 0.326 e. The molecule has 114 heavy (non-hydrogen) atoms. The van der Waals surface area contributed by atoms with Crippen LogP contribution in [0.25, 0.3) is 0 Å². The molecule has 12 amide bonds. The first-order chi connectivity index (χ1) is 53.7. The first kappa shape index (κ1) is 100. The van der Waals surface area contributed by atoms with Gasteiger partial charge < -0.3 is 146 Å². The highest BCUT2D eigenvalue weighted by Gasteiger charge is 2.41. The Morgan fingerprint density at radius 1 is 0.395 bits per heavy atom. The molecule has 42 nitrogen and oxygen atoms in total. The lowest BCUT2D eigenvalue weighted by Crippen LogP contribution is -2.63. The van der Waals surface area contributed by atoms with Gasteiger partial charge in [-0.2, -0.15) is 25.3 Å². The number of phenols is 2. The Labute approximate surface area is 672 Å². The number of rotatable bonds is 55. The summed E-state index contributed by atoms with van der Waals surface area (Å²) in [6.07, 6.45) is -3.60. The molecule has 0 aromatic heterocycles. The molecule has 0 radical (unpaired) electrons. The van der Waals surface area contributed by atoms with E-state index in [1.54, 1.807) is 0 Å². The van der Waals surface area contributed by atoms with Crippen LogP contribution >= 0.6 is 25.3 Å². The number of unbranched alkanes of at least 4 members (excludes halogenated alkanes) is 2. The van der Waals surface area contributed by atoms with E-state index in [2.05, 4.69) is 99.7 Å². The molecule has 0 saturated heterocycles. The Bertz CT molecular complexity index is 3470. The van der Waals surface area contributed by atoms with Crippen molar-refractivity contribution < 1.29 is 87.9 Å². The Hall–Kier alpha value is -9.93. The maximum absolute atomic E-state index is 14.6. The second-order valence-electron chi connectivity index (χ2n) is 27.7. The number of guanidine groups is 2. The third kappa shape index (κ3) is 37.4. The number of benzene rings is 2. The zero-order valence-corrected chi connectivity index (χ0v) is 66.4. The van der Waals surface area contributed by atoms with Gasteiger partial charge in [-0.1, -0.05) is 24.3 Å². The van der Waals surface area contributed by atoms with Gasteiger partial charge in [0, 0.05) is 36.4 Å². The van der Waals surface area contributed by atoms with Gasteiger partial charge in [0.1, 0.15) is 90.0 Å². The van der Waals surface area contributed by atoms with Crippen molar-refractivity contribution in [1.82, 2.24) is 74.4 Å². The molecule has 0 fully saturated rings. The smallest absolute Gasteiger partial charge is 0.326 e. The van der Waals surface area contributed by atoms with Gasteiger partial charge in [-0.05, 0) is 179 Å². The average molecular weight is 1650 g/mol. The second kappa shape index (κ2) is 52.5. The average Bonchev–Trinajstić information content (AvgIpc) is 0.878. The number of aromatic hydroxyl groups is 2. The molecular weight excluding hydrogens is 1530 g/mol. The molecule has 0 saturated carbocycles. The monoisotopic (exact) mass is 1650 g/mol. The van der Waals surface area contributed by atoms with Crippen LogP contribution in [-0.4, -0.2) is 261 Å². The number of carbonyl (C=O) groups is 13. The fourth-order valence-electron chi connectivity index (χ4n) is 11.1. The molecule has 640 valence electrons. The molecule has 0 unspecified atom stereocenters. The van der Waals surface area contributed by atoms with Gasteiger partial charge in [-0.25, -0.2) is 4.79 Å². The van der Waals surface area contributed by atoms with E-state index in [4.69, 9.17) is 56.7 Å². The van der Waals surface area contributed by atoms with Crippen molar-refractivity contribution in [2.45, 2.75) is 220 Å². The summed E-state index contributed by atoms with van der Waals surface area (Å²) in [6.45, 7) is 4.97. The van der Waals surface area contributed by atoms with Crippen LogP contribution in [0.3, 0.4) is 0 Å². The van der Waals surface area contributed by atoms with Crippen molar-refractivity contribution in [3.8, 4) is 11.5 Å². The molecule has 44 heteroatoms. The molecular formula is C70H120N24O18S2. The van der Waals surface area contributed by atoms with Crippen molar-refractivity contribution in [3.63, 3.8) is 0 Å². The van der Waals surface area contributed by atoms with Crippen LogP contribution in [0.2, 0.25) is 0 Å². The minimum Gasteiger partial charge on any atom is -0.508 e. The largest absolute Gasteiger partial charge is 0.508 e. The van der Waals surface area contributed by atoms with E-state index in [1.165, 1.54) is 69.3 Å². The lowest BCUT2D eigenvalue weighted by atomic mass is 9.98. The standard InChI is InChI=1S/C70H120N24O18S2/c1-36(95)52(76)64(108)90-49(33-38-15-19-40(97)20-16-38)62(106)94-54(70(3,4)114)66(110)89-43(12-6-8-27-72)55(99)84-44(13-9-31-81-68(77)78)56(100)86-48(25-30-75)61(105)93-53(37(2)96)65(109)88-47(24-29-74)60(104)83-42(11-5-7-26-71)58(102)92-51(35-113)63(107)87-46(23-28-73)59(103)85-45(14-10-32-82-69(79)80)57(101)91-50(67(111)112)34-39-17-21-41(98)22-18-39/h15-22,36-37,42-54,95-98,113-114H,5-14,23-35,71-76H2,1-4H3,(H,83,104)(H,84,99)(H,85,103)(H,86,100)(H,87,107)(H,88,109)(H,89,110)(H,90,108)(H,91,101)(H,92,102)(H,93,105)(H,94,106)(H,111,112)(H4,77,78,81)(H4,79,80,82)/t36-,37-,42+,43+,44+,45+,46+,47-,48+,49+,50+,51+,52+,53+,54-/m1/s1. The minimum absolute atomic E-state index is 0.00579. The number of aliphatic hydroxyl groups excluding tert-OH is 2. The van der Waals surface area contributed by atoms with E-state index in [-0.39, 0.29) is 147 Å². The van der Waals surface area contributed by atoms with Crippen molar-refractivity contribution >= 4 is 114 Å². The first-order valence-electron chi connectivity index (χ1n) is 37.3. The second-order valence-corrected chi connectivity index (χ2v) is 29.2. The molecule has 15 atom stereocenters. The predicted molar refractivity (Wildman–Crippen MR) is 428 cm³/mol. The van der Waals surface area contributed by atoms with Crippen LogP contribution in [0.5, 0.6) is 11.5 Å². The van der Waals surface area contributed by atoms with Crippen LogP contribution in [0.15, 0.2) is 48.5 Å². The number of nitrogens with two attached hydrogens (primary N) is 8. The van der Waals surface area contributed by atoms with Crippen molar-refractivity contribution in [3.05, 3.63) is 59.7 Å². The highest BCUT2D eigenvalue weighted by molar-refractivity contribution is 7.81. The summed E-state index contributed by atoms with van der Waals surface area (Å²) in [6, 6.07) is -8.77. The number of carboxylic acid groups (broad SMARTS) is 1. The van der Waals surface area contributed by atoms with Crippen LogP contribution in [0.4, 0.5) is 0 Å². The van der Waals surface area contributed by atoms with E-state index in [0.717, 1.165) is 6.92 Å². The number of amides is 12. The molecule has 0 aliphatic rings. The van der Waals surface area contributed by atoms with Crippen LogP contribution in [0.1, 0.15) is 122 Å². The maximum atomic E-state index is 14.6. The number of carbonyl (C=O) groups excluding carboxylic acids is 12. The zero-order chi connectivity index (χ0) is 85.9. The van der Waals surface area contributed by atoms with Crippen LogP contribution in [0, 0.1) is 10.8 Å². The van der Waals surface area contributed by atoms with Gasteiger partial charge in [0.25, 0.3) is 0 Å². The lowest BCUT2D eigenvalue weighted by molar-refractivity contribution is -0.142. The van der Waals surface area contributed by atoms with Crippen molar-refractivity contribution in [2.24, 2.45) is 45.9 Å². The Kier molecular flexibility index (Phi) is 46.1. The third-order valence-electron chi connectivity index (χ3n) is 17.6. The highest BCUT2D eigenvalue weighted by Crippen LogP contribution is 2.21. The normalized spacial score (nSPS) is 15.2. The van der Waals surface area contributed by atoms with E-state index in [9.17, 15) is 87.9 Å². The van der Waals surface area contributed by atoms with Crippen LogP contribution in [-0.2, 0) is 75.2 Å². The zero-order valence-electron chi connectivity index (χ0n) is 64.6. The van der Waals surface area contributed by atoms with E-state index < -0.39 is 184 Å². The van der Waals surface area contributed by atoms with Gasteiger partial charge in [-0.15, -0.1) is 0 Å². The summed E-state index contributed by atoms with van der Waals surface area (Å²) in [4.78, 5) is 182. The van der Waals surface area contributed by atoms with Gasteiger partial charge in [-0.3, -0.25) is 68.4 Å². The fraction of sp³-hybridized carbons (Fsp3) is 0.614. The van der Waals surface area contributed by atoms with Crippen molar-refractivity contribution in [2.75, 3.05) is 51.6 Å². The molecule has 0 spiro atoms. The Balaban J connectivity index is 2.45. The lowest BCUT2D eigenvalue weighted by Gasteiger charge is -2.33. The Morgan fingerprint density at radius 3 is 1.02 bits per heavy atom. The summed E-state index contributed by atoms with van der Waals surface area (Å²) in [5.74, 6) is -14.7. The number of nitrogens with one attached hydrogen (secondary N) is 16. The SMILES string of the molecule is C[C@@H](O)[C@H](N)C(=O)N[C@@H](Cc1ccc(O)cc1)C(=O)N[C@H](C(=O)N[C@@H](CCCCN)C(=O)N[C@@H](CCCNC(=N)N)C(=O)N[C@@H](CCN)C(=O)N[C@H](C(=O)N[C@H](CCN)C(=O)N[C@@H](CCCCN)C(=O)N[C@@H](CS)C(=O)N[C@@H](CCN)C(=O)N[C@@H](CCCNC(=N)N)C(=O)N[C@@H](Cc1ccc(O)cc1)C(=O)O)[C@@H](C)O)C(C)(C)S. The van der Waals surface area contributed by atoms with E-state index in [0.29, 0.717) is 24.0 Å². The number of hydrogen-bond acceptors (Lipinski definition) is 27. The molecule has 37 N–H and O–H groups in total. The molecule has 0 aliphatic carbocycles. The first-order valence-corrected chi connectivity index (χ1v) is 38.4. The highest BCUT2D eigenvalue weighted by atomic mass is 32.1. The number of aliphatic hydroxyl groups is 2. The number of hydrogen-bond donors (Lipinski definition) is 31. The molecule has 0 heterocycles. The fourth-order valence-corrected chi connectivity index (χ4v) is 11.6. The van der Waals surface area contributed by atoms with E-state index >= 15 is 0 Å². The van der Waals surface area contributed by atoms with Crippen LogP contribution < -0.4 is 120 Å². The van der Waals surface area contributed by atoms with E-state index in [1.807, 2.05) is 0 Å². The number of carboxylic acids is 1.